The van der Waals surface area contributed by atoms with Crippen LogP contribution in [0.3, 0.4) is 0 Å². The summed E-state index contributed by atoms with van der Waals surface area (Å²) in [5.41, 5.74) is 0. The lowest BCUT2D eigenvalue weighted by Crippen LogP contribution is -2.27. The van der Waals surface area contributed by atoms with E-state index in [0.717, 1.165) is 19.1 Å². The fourth-order valence-corrected chi connectivity index (χ4v) is 1.44. The fraction of sp³-hybridized carbons (Fsp3) is 1.00. The molecule has 0 spiro atoms. The van der Waals surface area contributed by atoms with Crippen LogP contribution in [0.15, 0.2) is 0 Å². The molecule has 1 aliphatic heterocycles. The molecule has 0 aromatic carbocycles. The Hall–Kier alpha value is -0.0800. The molecule has 1 rings (SSSR count). The molecule has 1 atom stereocenters. The minimum absolute atomic E-state index is 0.636. The van der Waals surface area contributed by atoms with Crippen molar-refractivity contribution in [1.29, 1.82) is 0 Å². The van der Waals surface area contributed by atoms with Crippen molar-refractivity contribution in [3.8, 4) is 0 Å². The van der Waals surface area contributed by atoms with Gasteiger partial charge in [-0.05, 0) is 31.7 Å². The minimum atomic E-state index is 0.636. The number of nitrogens with one attached hydrogen (secondary N) is 1. The van der Waals surface area contributed by atoms with Gasteiger partial charge in [0.1, 0.15) is 0 Å². The molecule has 1 N–H and O–H groups in total. The summed E-state index contributed by atoms with van der Waals surface area (Å²) < 4.78 is 5.57. The Kier molecular flexibility index (Phi) is 4.62. The van der Waals surface area contributed by atoms with E-state index in [1.807, 2.05) is 0 Å². The molecular weight excluding hydrogens is 150 g/mol. The third-order valence-electron chi connectivity index (χ3n) is 2.32. The summed E-state index contributed by atoms with van der Waals surface area (Å²) in [5, 5.41) is 3.42. The number of rotatable bonds is 5. The maximum absolute atomic E-state index is 5.57. The molecule has 12 heavy (non-hydrogen) atoms. The molecule has 1 aliphatic rings. The van der Waals surface area contributed by atoms with E-state index >= 15 is 0 Å². The van der Waals surface area contributed by atoms with E-state index in [1.165, 1.54) is 25.8 Å². The van der Waals surface area contributed by atoms with E-state index in [2.05, 4.69) is 19.2 Å². The van der Waals surface area contributed by atoms with Crippen molar-refractivity contribution >= 4 is 0 Å². The molecular formula is C10H21NO. The highest BCUT2D eigenvalue weighted by Gasteiger charge is 2.13. The van der Waals surface area contributed by atoms with E-state index in [0.29, 0.717) is 6.04 Å². The van der Waals surface area contributed by atoms with Crippen molar-refractivity contribution in [2.45, 2.75) is 39.2 Å². The molecule has 0 aliphatic carbocycles. The molecule has 1 fully saturated rings. The topological polar surface area (TPSA) is 21.3 Å². The van der Waals surface area contributed by atoms with Crippen LogP contribution in [-0.4, -0.2) is 25.8 Å². The fourth-order valence-electron chi connectivity index (χ4n) is 1.44. The van der Waals surface area contributed by atoms with Gasteiger partial charge in [0, 0.05) is 12.6 Å². The van der Waals surface area contributed by atoms with Crippen LogP contribution in [0.1, 0.15) is 33.1 Å². The van der Waals surface area contributed by atoms with Crippen LogP contribution in [-0.2, 0) is 4.74 Å². The Morgan fingerprint density at radius 1 is 1.50 bits per heavy atom. The van der Waals surface area contributed by atoms with Crippen LogP contribution >= 0.6 is 0 Å². The van der Waals surface area contributed by atoms with E-state index in [-0.39, 0.29) is 0 Å². The first kappa shape index (κ1) is 10.0. The zero-order valence-electron chi connectivity index (χ0n) is 8.31. The lowest BCUT2D eigenvalue weighted by Gasteiger charge is -2.11. The molecule has 0 unspecified atom stereocenters. The molecule has 0 radical (unpaired) electrons. The Bertz CT molecular complexity index is 108. The molecule has 0 saturated carbocycles. The van der Waals surface area contributed by atoms with Gasteiger partial charge in [0.25, 0.3) is 0 Å². The van der Waals surface area contributed by atoms with Gasteiger partial charge in [0.2, 0.25) is 0 Å². The van der Waals surface area contributed by atoms with E-state index in [9.17, 15) is 0 Å². The standard InChI is InChI=1S/C10H21NO/c1-9(2)5-7-12-8-10-4-3-6-11-10/h9-11H,3-8H2,1-2H3/t10-/m1/s1. The predicted octanol–water partition coefficient (Wildman–Crippen LogP) is 1.80. The quantitative estimate of drug-likeness (QED) is 0.637. The summed E-state index contributed by atoms with van der Waals surface area (Å²) >= 11 is 0. The van der Waals surface area contributed by atoms with Crippen LogP contribution in [0, 0.1) is 5.92 Å². The maximum Gasteiger partial charge on any atom is 0.0619 e. The monoisotopic (exact) mass is 171 g/mol. The van der Waals surface area contributed by atoms with Crippen LogP contribution in [0.4, 0.5) is 0 Å². The van der Waals surface area contributed by atoms with Crippen molar-refractivity contribution in [2.75, 3.05) is 19.8 Å². The summed E-state index contributed by atoms with van der Waals surface area (Å²) in [7, 11) is 0. The van der Waals surface area contributed by atoms with Gasteiger partial charge in [-0.3, -0.25) is 0 Å². The zero-order valence-corrected chi connectivity index (χ0v) is 8.31. The van der Waals surface area contributed by atoms with E-state index in [1.54, 1.807) is 0 Å². The SMILES string of the molecule is CC(C)CCOC[C@H]1CCCN1. The highest BCUT2D eigenvalue weighted by molar-refractivity contribution is 4.73. The van der Waals surface area contributed by atoms with E-state index < -0.39 is 0 Å². The third kappa shape index (κ3) is 4.07. The summed E-state index contributed by atoms with van der Waals surface area (Å²) in [5.74, 6) is 0.765. The lowest BCUT2D eigenvalue weighted by atomic mass is 10.1. The second-order valence-electron chi connectivity index (χ2n) is 4.05. The molecule has 2 nitrogen and oxygen atoms in total. The number of hydrogen-bond donors (Lipinski definition) is 1. The molecule has 1 saturated heterocycles. The smallest absolute Gasteiger partial charge is 0.0619 e. The van der Waals surface area contributed by atoms with Gasteiger partial charge in [-0.1, -0.05) is 13.8 Å². The third-order valence-corrected chi connectivity index (χ3v) is 2.32. The van der Waals surface area contributed by atoms with Crippen molar-refractivity contribution in [3.63, 3.8) is 0 Å². The lowest BCUT2D eigenvalue weighted by molar-refractivity contribution is 0.107. The average molecular weight is 171 g/mol. The van der Waals surface area contributed by atoms with Crippen molar-refractivity contribution in [1.82, 2.24) is 5.32 Å². The van der Waals surface area contributed by atoms with Gasteiger partial charge in [-0.25, -0.2) is 0 Å². The summed E-state index contributed by atoms with van der Waals surface area (Å²) in [4.78, 5) is 0. The minimum Gasteiger partial charge on any atom is -0.380 e. The number of hydrogen-bond acceptors (Lipinski definition) is 2. The van der Waals surface area contributed by atoms with Crippen LogP contribution in [0.2, 0.25) is 0 Å². The number of ether oxygens (including phenoxy) is 1. The molecule has 2 heteroatoms. The largest absolute Gasteiger partial charge is 0.380 e. The summed E-state index contributed by atoms with van der Waals surface area (Å²) in [6.07, 6.45) is 3.80. The molecule has 0 aromatic rings. The summed E-state index contributed by atoms with van der Waals surface area (Å²) in [6, 6.07) is 0.636. The average Bonchev–Trinajstić information content (AvgIpc) is 2.49. The van der Waals surface area contributed by atoms with Crippen molar-refractivity contribution in [3.05, 3.63) is 0 Å². The highest BCUT2D eigenvalue weighted by atomic mass is 16.5. The van der Waals surface area contributed by atoms with Crippen LogP contribution < -0.4 is 5.32 Å². The molecule has 72 valence electrons. The highest BCUT2D eigenvalue weighted by Crippen LogP contribution is 2.06. The first-order chi connectivity index (χ1) is 5.79. The maximum atomic E-state index is 5.57. The van der Waals surface area contributed by atoms with Gasteiger partial charge in [0.05, 0.1) is 6.61 Å². The van der Waals surface area contributed by atoms with Crippen molar-refractivity contribution < 1.29 is 4.74 Å². The van der Waals surface area contributed by atoms with E-state index in [4.69, 9.17) is 4.74 Å². The second-order valence-corrected chi connectivity index (χ2v) is 4.05. The Morgan fingerprint density at radius 2 is 2.33 bits per heavy atom. The van der Waals surface area contributed by atoms with Crippen LogP contribution in [0.5, 0.6) is 0 Å². The van der Waals surface area contributed by atoms with Crippen molar-refractivity contribution in [2.24, 2.45) is 5.92 Å². The first-order valence-electron chi connectivity index (χ1n) is 5.10. The first-order valence-corrected chi connectivity index (χ1v) is 5.10. The predicted molar refractivity (Wildman–Crippen MR) is 51.3 cm³/mol. The summed E-state index contributed by atoms with van der Waals surface area (Å²) in [6.45, 7) is 7.48. The van der Waals surface area contributed by atoms with Crippen LogP contribution in [0.25, 0.3) is 0 Å². The van der Waals surface area contributed by atoms with Gasteiger partial charge in [0.15, 0.2) is 0 Å². The zero-order chi connectivity index (χ0) is 8.81. The molecule has 0 amide bonds. The Balaban J connectivity index is 1.88. The normalized spacial score (nSPS) is 23.8. The van der Waals surface area contributed by atoms with Gasteiger partial charge >= 0.3 is 0 Å². The van der Waals surface area contributed by atoms with Gasteiger partial charge in [-0.15, -0.1) is 0 Å². The molecule has 0 aromatic heterocycles. The van der Waals surface area contributed by atoms with Gasteiger partial charge in [-0.2, -0.15) is 0 Å². The Morgan fingerprint density at radius 3 is 2.92 bits per heavy atom. The molecule has 1 heterocycles. The van der Waals surface area contributed by atoms with Gasteiger partial charge < -0.3 is 10.1 Å². The Labute approximate surface area is 75.7 Å². The molecule has 0 bridgehead atoms. The second kappa shape index (κ2) is 5.55.